The molecule has 2 rings (SSSR count). The van der Waals surface area contributed by atoms with E-state index in [9.17, 15) is 4.79 Å². The van der Waals surface area contributed by atoms with Gasteiger partial charge in [-0.15, -0.1) is 11.6 Å². The molecule has 0 fully saturated rings. The van der Waals surface area contributed by atoms with E-state index in [1.54, 1.807) is 55.3 Å². The van der Waals surface area contributed by atoms with Crippen molar-refractivity contribution in [1.29, 1.82) is 0 Å². The van der Waals surface area contributed by atoms with E-state index >= 15 is 0 Å². The van der Waals surface area contributed by atoms with Crippen LogP contribution in [0.3, 0.4) is 0 Å². The summed E-state index contributed by atoms with van der Waals surface area (Å²) in [5.74, 6) is 0.0796. The average molecular weight is 312 g/mol. The fourth-order valence-electron chi connectivity index (χ4n) is 1.62. The van der Waals surface area contributed by atoms with Crippen LogP contribution in [0.2, 0.25) is 5.02 Å². The van der Waals surface area contributed by atoms with Crippen molar-refractivity contribution in [3.8, 4) is 5.69 Å². The van der Waals surface area contributed by atoms with Crippen LogP contribution < -0.4 is 5.32 Å². The molecule has 4 nitrogen and oxygen atoms in total. The molecule has 1 heterocycles. The van der Waals surface area contributed by atoms with Crippen LogP contribution in [0, 0.1) is 5.41 Å². The van der Waals surface area contributed by atoms with Gasteiger partial charge in [0.15, 0.2) is 0 Å². The van der Waals surface area contributed by atoms with Gasteiger partial charge in [-0.25, -0.2) is 4.98 Å². The molecule has 20 heavy (non-hydrogen) atoms. The molecule has 0 aliphatic rings. The Morgan fingerprint density at radius 2 is 2.20 bits per heavy atom. The number of amides is 1. The second-order valence-electron chi connectivity index (χ2n) is 5.08. The van der Waals surface area contributed by atoms with E-state index in [0.717, 1.165) is 0 Å². The number of imidazole rings is 1. The Labute approximate surface area is 127 Å². The van der Waals surface area contributed by atoms with Crippen molar-refractivity contribution in [3.63, 3.8) is 0 Å². The summed E-state index contributed by atoms with van der Waals surface area (Å²) in [7, 11) is 0. The first-order valence-corrected chi connectivity index (χ1v) is 7.01. The summed E-state index contributed by atoms with van der Waals surface area (Å²) in [6.45, 7) is 3.58. The van der Waals surface area contributed by atoms with Crippen LogP contribution >= 0.6 is 23.2 Å². The molecule has 0 aliphatic heterocycles. The van der Waals surface area contributed by atoms with Crippen molar-refractivity contribution >= 4 is 34.8 Å². The third kappa shape index (κ3) is 2.97. The van der Waals surface area contributed by atoms with Gasteiger partial charge >= 0.3 is 0 Å². The van der Waals surface area contributed by atoms with Crippen molar-refractivity contribution in [2.45, 2.75) is 13.8 Å². The van der Waals surface area contributed by atoms with Crippen LogP contribution in [0.4, 0.5) is 5.69 Å². The minimum Gasteiger partial charge on any atom is -0.324 e. The van der Waals surface area contributed by atoms with Gasteiger partial charge < -0.3 is 9.88 Å². The van der Waals surface area contributed by atoms with Crippen molar-refractivity contribution in [2.75, 3.05) is 11.2 Å². The predicted molar refractivity (Wildman–Crippen MR) is 81.7 cm³/mol. The third-order valence-electron chi connectivity index (χ3n) is 2.95. The Morgan fingerprint density at radius 1 is 1.45 bits per heavy atom. The molecule has 0 atom stereocenters. The number of aromatic nitrogens is 2. The van der Waals surface area contributed by atoms with E-state index in [4.69, 9.17) is 23.2 Å². The highest BCUT2D eigenvalue weighted by atomic mass is 35.5. The summed E-state index contributed by atoms with van der Waals surface area (Å²) in [6, 6.07) is 5.34. The molecule has 1 amide bonds. The number of anilines is 1. The minimum atomic E-state index is -0.657. The summed E-state index contributed by atoms with van der Waals surface area (Å²) in [6.07, 6.45) is 5.05. The summed E-state index contributed by atoms with van der Waals surface area (Å²) in [5.41, 5.74) is 0.653. The second kappa shape index (κ2) is 5.85. The summed E-state index contributed by atoms with van der Waals surface area (Å²) < 4.78 is 1.76. The fourth-order valence-corrected chi connectivity index (χ4v) is 2.02. The first kappa shape index (κ1) is 14.9. The number of rotatable bonds is 4. The lowest BCUT2D eigenvalue weighted by molar-refractivity contribution is -0.122. The Balaban J connectivity index is 2.39. The maximum Gasteiger partial charge on any atom is 0.231 e. The molecule has 1 aromatic heterocycles. The SMILES string of the molecule is CC(C)(CCl)C(=O)Nc1cccc(Cl)c1-n1ccnc1. The largest absolute Gasteiger partial charge is 0.324 e. The summed E-state index contributed by atoms with van der Waals surface area (Å²) in [5, 5.41) is 3.41. The molecule has 2 aromatic rings. The maximum atomic E-state index is 12.2. The lowest BCUT2D eigenvalue weighted by Gasteiger charge is -2.22. The highest BCUT2D eigenvalue weighted by Crippen LogP contribution is 2.30. The molecule has 0 unspecified atom stereocenters. The van der Waals surface area contributed by atoms with Gasteiger partial charge in [-0.3, -0.25) is 4.79 Å². The van der Waals surface area contributed by atoms with E-state index in [-0.39, 0.29) is 11.8 Å². The van der Waals surface area contributed by atoms with Gasteiger partial charge in [0.25, 0.3) is 0 Å². The van der Waals surface area contributed by atoms with Gasteiger partial charge in [0.2, 0.25) is 5.91 Å². The smallest absolute Gasteiger partial charge is 0.231 e. The van der Waals surface area contributed by atoms with E-state index in [2.05, 4.69) is 10.3 Å². The number of alkyl halides is 1. The number of halogens is 2. The highest BCUT2D eigenvalue weighted by Gasteiger charge is 2.27. The molecule has 0 bridgehead atoms. The van der Waals surface area contributed by atoms with Crippen molar-refractivity contribution in [2.24, 2.45) is 5.41 Å². The van der Waals surface area contributed by atoms with Crippen molar-refractivity contribution in [3.05, 3.63) is 41.9 Å². The monoisotopic (exact) mass is 311 g/mol. The predicted octanol–water partition coefficient (Wildman–Crippen LogP) is 3.73. The lowest BCUT2D eigenvalue weighted by Crippen LogP contribution is -2.32. The number of nitrogens with zero attached hydrogens (tertiary/aromatic N) is 2. The normalized spacial score (nSPS) is 11.4. The fraction of sp³-hybridized carbons (Fsp3) is 0.286. The molecular formula is C14H15Cl2N3O. The molecule has 0 saturated carbocycles. The summed E-state index contributed by atoms with van der Waals surface area (Å²) >= 11 is 12.0. The van der Waals surface area contributed by atoms with Gasteiger partial charge in [0.1, 0.15) is 0 Å². The van der Waals surface area contributed by atoms with E-state index in [0.29, 0.717) is 16.4 Å². The third-order valence-corrected chi connectivity index (χ3v) is 3.92. The quantitative estimate of drug-likeness (QED) is 0.875. The van der Waals surface area contributed by atoms with Gasteiger partial charge in [0, 0.05) is 18.3 Å². The number of carbonyl (C=O) groups is 1. The molecule has 0 aliphatic carbocycles. The Bertz CT molecular complexity index is 609. The Kier molecular flexibility index (Phi) is 4.35. The van der Waals surface area contributed by atoms with Crippen molar-refractivity contribution < 1.29 is 4.79 Å². The Hall–Kier alpha value is -1.52. The zero-order valence-electron chi connectivity index (χ0n) is 11.2. The average Bonchev–Trinajstić information content (AvgIpc) is 2.92. The molecular weight excluding hydrogens is 297 g/mol. The van der Waals surface area contributed by atoms with Gasteiger partial charge in [0.05, 0.1) is 28.1 Å². The van der Waals surface area contributed by atoms with Gasteiger partial charge in [-0.1, -0.05) is 17.7 Å². The van der Waals surface area contributed by atoms with Crippen molar-refractivity contribution in [1.82, 2.24) is 9.55 Å². The lowest BCUT2D eigenvalue weighted by atomic mass is 9.95. The van der Waals surface area contributed by atoms with Crippen LogP contribution in [-0.4, -0.2) is 21.3 Å². The number of carbonyl (C=O) groups excluding carboxylic acids is 1. The van der Waals surface area contributed by atoms with Crippen LogP contribution in [0.5, 0.6) is 0 Å². The molecule has 0 spiro atoms. The zero-order chi connectivity index (χ0) is 14.8. The van der Waals surface area contributed by atoms with E-state index in [1.807, 2.05) is 0 Å². The standard InChI is InChI=1S/C14H15Cl2N3O/c1-14(2,8-15)13(20)18-11-5-3-4-10(16)12(11)19-7-6-17-9-19/h3-7,9H,8H2,1-2H3,(H,18,20). The number of benzene rings is 1. The topological polar surface area (TPSA) is 46.9 Å². The van der Waals surface area contributed by atoms with Crippen LogP contribution in [0.1, 0.15) is 13.8 Å². The molecule has 0 saturated heterocycles. The van der Waals surface area contributed by atoms with Crippen LogP contribution in [-0.2, 0) is 4.79 Å². The van der Waals surface area contributed by atoms with Crippen LogP contribution in [0.15, 0.2) is 36.9 Å². The molecule has 1 aromatic carbocycles. The highest BCUT2D eigenvalue weighted by molar-refractivity contribution is 6.33. The number of hydrogen-bond donors (Lipinski definition) is 1. The second-order valence-corrected chi connectivity index (χ2v) is 5.75. The van der Waals surface area contributed by atoms with E-state index in [1.165, 1.54) is 0 Å². The first-order chi connectivity index (χ1) is 9.45. The van der Waals surface area contributed by atoms with Gasteiger partial charge in [-0.05, 0) is 26.0 Å². The molecule has 6 heteroatoms. The number of hydrogen-bond acceptors (Lipinski definition) is 2. The maximum absolute atomic E-state index is 12.2. The van der Waals surface area contributed by atoms with Gasteiger partial charge in [-0.2, -0.15) is 0 Å². The minimum absolute atomic E-state index is 0.156. The molecule has 106 valence electrons. The van der Waals surface area contributed by atoms with Crippen LogP contribution in [0.25, 0.3) is 5.69 Å². The zero-order valence-corrected chi connectivity index (χ0v) is 12.7. The molecule has 0 radical (unpaired) electrons. The molecule has 1 N–H and O–H groups in total. The number of nitrogens with one attached hydrogen (secondary N) is 1. The Morgan fingerprint density at radius 3 is 2.80 bits per heavy atom. The summed E-state index contributed by atoms with van der Waals surface area (Å²) in [4.78, 5) is 16.2. The number of para-hydroxylation sites is 1. The van der Waals surface area contributed by atoms with E-state index < -0.39 is 5.41 Å². The first-order valence-electron chi connectivity index (χ1n) is 6.10.